The number of carbonyl (C=O) groups excluding carboxylic acids is 1. The van der Waals surface area contributed by atoms with Gasteiger partial charge in [-0.15, -0.1) is 16.4 Å². The number of thiophene rings is 1. The largest absolute Gasteiger partial charge is 0.339 e. The summed E-state index contributed by atoms with van der Waals surface area (Å²) >= 11 is 1.56. The molecular formula is C12H16N6OS. The van der Waals surface area contributed by atoms with Gasteiger partial charge >= 0.3 is 0 Å². The quantitative estimate of drug-likeness (QED) is 0.807. The second kappa shape index (κ2) is 5.68. The van der Waals surface area contributed by atoms with E-state index in [1.54, 1.807) is 16.0 Å². The van der Waals surface area contributed by atoms with Crippen LogP contribution >= 0.6 is 11.3 Å². The van der Waals surface area contributed by atoms with Gasteiger partial charge < -0.3 is 9.80 Å². The Morgan fingerprint density at radius 2 is 2.15 bits per heavy atom. The van der Waals surface area contributed by atoms with Crippen LogP contribution in [0.3, 0.4) is 0 Å². The number of piperazine rings is 1. The summed E-state index contributed by atoms with van der Waals surface area (Å²) in [5, 5.41) is 13.6. The average Bonchev–Trinajstić information content (AvgIpc) is 3.09. The minimum absolute atomic E-state index is 0.0724. The van der Waals surface area contributed by atoms with Crippen molar-refractivity contribution in [3.8, 4) is 10.7 Å². The highest BCUT2D eigenvalue weighted by Crippen LogP contribution is 2.21. The van der Waals surface area contributed by atoms with Crippen molar-refractivity contribution in [3.63, 3.8) is 0 Å². The molecule has 3 heterocycles. The van der Waals surface area contributed by atoms with Crippen LogP contribution in [0.1, 0.15) is 0 Å². The number of rotatable bonds is 3. The van der Waals surface area contributed by atoms with Crippen molar-refractivity contribution in [2.45, 2.75) is 6.54 Å². The first-order chi connectivity index (χ1) is 9.74. The zero-order valence-electron chi connectivity index (χ0n) is 11.3. The van der Waals surface area contributed by atoms with E-state index in [0.29, 0.717) is 5.82 Å². The van der Waals surface area contributed by atoms with E-state index < -0.39 is 0 Å². The van der Waals surface area contributed by atoms with Crippen LogP contribution in [-0.2, 0) is 11.3 Å². The van der Waals surface area contributed by atoms with Crippen LogP contribution in [-0.4, -0.2) is 69.1 Å². The van der Waals surface area contributed by atoms with Crippen molar-refractivity contribution < 1.29 is 4.79 Å². The van der Waals surface area contributed by atoms with E-state index in [9.17, 15) is 4.79 Å². The molecule has 8 heteroatoms. The molecule has 0 unspecified atom stereocenters. The Labute approximate surface area is 120 Å². The maximum atomic E-state index is 12.3. The lowest BCUT2D eigenvalue weighted by atomic mass is 10.3. The van der Waals surface area contributed by atoms with Crippen LogP contribution < -0.4 is 0 Å². The minimum Gasteiger partial charge on any atom is -0.339 e. The van der Waals surface area contributed by atoms with Crippen LogP contribution in [0.5, 0.6) is 0 Å². The molecule has 1 aliphatic heterocycles. The lowest BCUT2D eigenvalue weighted by Gasteiger charge is -2.32. The van der Waals surface area contributed by atoms with E-state index in [-0.39, 0.29) is 12.5 Å². The number of aromatic nitrogens is 4. The minimum atomic E-state index is 0.0724. The molecule has 3 rings (SSSR count). The smallest absolute Gasteiger partial charge is 0.244 e. The van der Waals surface area contributed by atoms with Gasteiger partial charge in [-0.25, -0.2) is 4.68 Å². The predicted molar refractivity (Wildman–Crippen MR) is 75.2 cm³/mol. The second-order valence-corrected chi connectivity index (χ2v) is 5.77. The molecule has 0 N–H and O–H groups in total. The molecule has 2 aromatic rings. The summed E-state index contributed by atoms with van der Waals surface area (Å²) in [7, 11) is 2.07. The molecule has 1 fully saturated rings. The third-order valence-electron chi connectivity index (χ3n) is 3.41. The van der Waals surface area contributed by atoms with Crippen LogP contribution in [0.15, 0.2) is 17.5 Å². The van der Waals surface area contributed by atoms with Gasteiger partial charge in [0.15, 0.2) is 5.82 Å². The molecule has 0 aromatic carbocycles. The monoisotopic (exact) mass is 292 g/mol. The van der Waals surface area contributed by atoms with Crippen molar-refractivity contribution in [2.75, 3.05) is 33.2 Å². The molecule has 0 saturated carbocycles. The lowest BCUT2D eigenvalue weighted by Crippen LogP contribution is -2.48. The highest BCUT2D eigenvalue weighted by Gasteiger charge is 2.21. The fraction of sp³-hybridized carbons (Fsp3) is 0.500. The molecule has 0 aliphatic carbocycles. The first kappa shape index (κ1) is 13.2. The van der Waals surface area contributed by atoms with E-state index in [0.717, 1.165) is 31.1 Å². The molecule has 1 saturated heterocycles. The van der Waals surface area contributed by atoms with Crippen molar-refractivity contribution >= 4 is 17.2 Å². The summed E-state index contributed by atoms with van der Waals surface area (Å²) in [5.74, 6) is 0.727. The molecule has 7 nitrogen and oxygen atoms in total. The first-order valence-corrected chi connectivity index (χ1v) is 7.38. The third-order valence-corrected chi connectivity index (χ3v) is 4.28. The van der Waals surface area contributed by atoms with Gasteiger partial charge in [-0.1, -0.05) is 6.07 Å². The Kier molecular flexibility index (Phi) is 3.75. The van der Waals surface area contributed by atoms with E-state index >= 15 is 0 Å². The Morgan fingerprint density at radius 3 is 2.85 bits per heavy atom. The molecule has 0 radical (unpaired) electrons. The molecule has 106 valence electrons. The zero-order valence-corrected chi connectivity index (χ0v) is 12.1. The second-order valence-electron chi connectivity index (χ2n) is 4.82. The van der Waals surface area contributed by atoms with E-state index in [4.69, 9.17) is 0 Å². The lowest BCUT2D eigenvalue weighted by molar-refractivity contribution is -0.133. The number of likely N-dealkylation sites (N-methyl/N-ethyl adjacent to an activating group) is 1. The Bertz CT molecular complexity index is 573. The van der Waals surface area contributed by atoms with Gasteiger partial charge in [0.05, 0.1) is 4.88 Å². The number of hydrogen-bond acceptors (Lipinski definition) is 6. The maximum Gasteiger partial charge on any atom is 0.244 e. The molecule has 1 aliphatic rings. The standard InChI is InChI=1S/C12H16N6OS/c1-16-4-6-17(7-5-16)11(19)9-18-12(13-14-15-18)10-3-2-8-20-10/h2-3,8H,4-7,9H2,1H3. The molecule has 0 atom stereocenters. The predicted octanol–water partition coefficient (Wildman–Crippen LogP) is 0.176. The van der Waals surface area contributed by atoms with Gasteiger partial charge in [0.1, 0.15) is 6.54 Å². The third kappa shape index (κ3) is 2.70. The fourth-order valence-electron chi connectivity index (χ4n) is 2.18. The summed E-state index contributed by atoms with van der Waals surface area (Å²) < 4.78 is 1.58. The van der Waals surface area contributed by atoms with Crippen molar-refractivity contribution in [1.29, 1.82) is 0 Å². The molecule has 0 bridgehead atoms. The Balaban J connectivity index is 1.69. The van der Waals surface area contributed by atoms with Gasteiger partial charge in [0, 0.05) is 26.2 Å². The number of tetrazole rings is 1. The Morgan fingerprint density at radius 1 is 1.35 bits per heavy atom. The van der Waals surface area contributed by atoms with Gasteiger partial charge in [-0.05, 0) is 28.9 Å². The van der Waals surface area contributed by atoms with Crippen molar-refractivity contribution in [1.82, 2.24) is 30.0 Å². The van der Waals surface area contributed by atoms with Crippen LogP contribution in [0.4, 0.5) is 0 Å². The van der Waals surface area contributed by atoms with Gasteiger partial charge in [0.25, 0.3) is 0 Å². The SMILES string of the molecule is CN1CCN(C(=O)Cn2nnnc2-c2cccs2)CC1. The summed E-state index contributed by atoms with van der Waals surface area (Å²) in [6.07, 6.45) is 0. The van der Waals surface area contributed by atoms with Crippen molar-refractivity contribution in [3.05, 3.63) is 17.5 Å². The first-order valence-electron chi connectivity index (χ1n) is 6.50. The Hall–Kier alpha value is -1.80. The number of carbonyl (C=O) groups is 1. The molecule has 0 spiro atoms. The molecule has 1 amide bonds. The highest BCUT2D eigenvalue weighted by atomic mass is 32.1. The van der Waals surface area contributed by atoms with Crippen LogP contribution in [0, 0.1) is 0 Å². The summed E-state index contributed by atoms with van der Waals surface area (Å²) in [4.78, 5) is 17.4. The topological polar surface area (TPSA) is 67.2 Å². The van der Waals surface area contributed by atoms with Crippen LogP contribution in [0.25, 0.3) is 10.7 Å². The van der Waals surface area contributed by atoms with Gasteiger partial charge in [0.2, 0.25) is 5.91 Å². The summed E-state index contributed by atoms with van der Waals surface area (Å²) in [6, 6.07) is 3.90. The maximum absolute atomic E-state index is 12.3. The summed E-state index contributed by atoms with van der Waals surface area (Å²) in [6.45, 7) is 3.57. The number of hydrogen-bond donors (Lipinski definition) is 0. The van der Waals surface area contributed by atoms with Crippen molar-refractivity contribution in [2.24, 2.45) is 0 Å². The normalized spacial score (nSPS) is 16.6. The van der Waals surface area contributed by atoms with E-state index in [1.807, 2.05) is 22.4 Å². The summed E-state index contributed by atoms with van der Waals surface area (Å²) in [5.41, 5.74) is 0. The highest BCUT2D eigenvalue weighted by molar-refractivity contribution is 7.13. The van der Waals surface area contributed by atoms with Gasteiger partial charge in [-0.3, -0.25) is 4.79 Å². The number of nitrogens with zero attached hydrogens (tertiary/aromatic N) is 6. The molecule has 2 aromatic heterocycles. The zero-order chi connectivity index (χ0) is 13.9. The molecule has 20 heavy (non-hydrogen) atoms. The van der Waals surface area contributed by atoms with Gasteiger partial charge in [-0.2, -0.15) is 0 Å². The van der Waals surface area contributed by atoms with E-state index in [2.05, 4.69) is 27.5 Å². The van der Waals surface area contributed by atoms with Crippen LogP contribution in [0.2, 0.25) is 0 Å². The average molecular weight is 292 g/mol. The fourth-order valence-corrected chi connectivity index (χ4v) is 2.89. The molecular weight excluding hydrogens is 276 g/mol. The number of amides is 1. The van der Waals surface area contributed by atoms with E-state index in [1.165, 1.54) is 0 Å².